The second kappa shape index (κ2) is 6.07. The third-order valence-corrected chi connectivity index (χ3v) is 4.64. The van der Waals surface area contributed by atoms with Crippen molar-refractivity contribution in [2.45, 2.75) is 12.1 Å². The van der Waals surface area contributed by atoms with Crippen molar-refractivity contribution in [1.29, 1.82) is 0 Å². The van der Waals surface area contributed by atoms with Crippen LogP contribution in [0, 0.1) is 0 Å². The van der Waals surface area contributed by atoms with Gasteiger partial charge in [0.05, 0.1) is 6.04 Å². The first kappa shape index (κ1) is 13.2. The highest BCUT2D eigenvalue weighted by Gasteiger charge is 2.29. The molecule has 2 rings (SSSR count). The molecule has 17 heavy (non-hydrogen) atoms. The van der Waals surface area contributed by atoms with Crippen LogP contribution in [0.5, 0.6) is 0 Å². The van der Waals surface area contributed by atoms with Crippen LogP contribution in [0.25, 0.3) is 0 Å². The summed E-state index contributed by atoms with van der Waals surface area (Å²) in [5, 5.41) is 0.777. The smallest absolute Gasteiger partial charge is 0.0637 e. The summed E-state index contributed by atoms with van der Waals surface area (Å²) >= 11 is 8.21. The van der Waals surface area contributed by atoms with Gasteiger partial charge in [0, 0.05) is 29.1 Å². The highest BCUT2D eigenvalue weighted by molar-refractivity contribution is 7.99. The van der Waals surface area contributed by atoms with Gasteiger partial charge in [0.15, 0.2) is 0 Å². The van der Waals surface area contributed by atoms with Gasteiger partial charge >= 0.3 is 0 Å². The number of benzene rings is 1. The third-order valence-electron chi connectivity index (χ3n) is 3.25. The predicted molar refractivity (Wildman–Crippen MR) is 75.3 cm³/mol. The largest absolute Gasteiger partial charge is 0.300 e. The molecular formula is C12H18ClN3S. The lowest BCUT2D eigenvalue weighted by atomic mass is 10.00. The lowest BCUT2D eigenvalue weighted by molar-refractivity contribution is 0.216. The van der Waals surface area contributed by atoms with Crippen molar-refractivity contribution in [3.63, 3.8) is 0 Å². The van der Waals surface area contributed by atoms with Crippen LogP contribution in [0.2, 0.25) is 5.02 Å². The molecule has 1 fully saturated rings. The zero-order valence-corrected chi connectivity index (χ0v) is 11.5. The SMILES string of the molecule is CN1CCSCC1C(NN)c1ccccc1Cl. The van der Waals surface area contributed by atoms with Gasteiger partial charge in [-0.15, -0.1) is 0 Å². The fourth-order valence-corrected chi connectivity index (χ4v) is 3.72. The molecule has 2 atom stereocenters. The van der Waals surface area contributed by atoms with Crippen molar-refractivity contribution in [2.24, 2.45) is 5.84 Å². The molecule has 2 unspecified atom stereocenters. The Labute approximate surface area is 112 Å². The topological polar surface area (TPSA) is 41.3 Å². The molecule has 0 aromatic heterocycles. The van der Waals surface area contributed by atoms with Crippen molar-refractivity contribution in [3.8, 4) is 0 Å². The highest BCUT2D eigenvalue weighted by atomic mass is 35.5. The number of nitrogens with two attached hydrogens (primary N) is 1. The molecule has 0 aliphatic carbocycles. The van der Waals surface area contributed by atoms with Gasteiger partial charge in [-0.05, 0) is 18.7 Å². The normalized spacial score (nSPS) is 23.6. The molecule has 3 N–H and O–H groups in total. The number of likely N-dealkylation sites (N-methyl/N-ethyl adjacent to an activating group) is 1. The Morgan fingerprint density at radius 1 is 1.53 bits per heavy atom. The minimum atomic E-state index is 0.0847. The third kappa shape index (κ3) is 2.95. The maximum Gasteiger partial charge on any atom is 0.0637 e. The molecule has 3 nitrogen and oxygen atoms in total. The number of nitrogens with one attached hydrogen (secondary N) is 1. The molecule has 0 radical (unpaired) electrons. The van der Waals surface area contributed by atoms with Crippen LogP contribution in [0.4, 0.5) is 0 Å². The van der Waals surface area contributed by atoms with Crippen molar-refractivity contribution in [2.75, 3.05) is 25.1 Å². The van der Waals surface area contributed by atoms with Gasteiger partial charge in [-0.25, -0.2) is 0 Å². The Morgan fingerprint density at radius 2 is 2.29 bits per heavy atom. The summed E-state index contributed by atoms with van der Waals surface area (Å²) in [6.45, 7) is 1.10. The Balaban J connectivity index is 2.23. The zero-order chi connectivity index (χ0) is 12.3. The Bertz CT molecular complexity index is 375. The number of hydrogen-bond donors (Lipinski definition) is 2. The summed E-state index contributed by atoms with van der Waals surface area (Å²) in [6, 6.07) is 8.37. The molecule has 1 aliphatic rings. The fraction of sp³-hybridized carbons (Fsp3) is 0.500. The maximum atomic E-state index is 6.24. The molecule has 1 aliphatic heterocycles. The van der Waals surface area contributed by atoms with E-state index in [0.717, 1.165) is 22.9 Å². The van der Waals surface area contributed by atoms with E-state index in [1.165, 1.54) is 5.75 Å². The molecule has 1 aromatic rings. The second-order valence-corrected chi connectivity index (χ2v) is 5.85. The highest BCUT2D eigenvalue weighted by Crippen LogP contribution is 2.30. The average Bonchev–Trinajstić information content (AvgIpc) is 2.34. The molecule has 1 heterocycles. The molecule has 94 valence electrons. The van der Waals surface area contributed by atoms with Crippen LogP contribution in [-0.4, -0.2) is 36.0 Å². The number of hydrazine groups is 1. The van der Waals surface area contributed by atoms with Gasteiger partial charge in [-0.2, -0.15) is 11.8 Å². The fourth-order valence-electron chi connectivity index (χ4n) is 2.19. The molecule has 0 saturated carbocycles. The first-order chi connectivity index (χ1) is 8.24. The minimum Gasteiger partial charge on any atom is -0.300 e. The van der Waals surface area contributed by atoms with Gasteiger partial charge in [0.25, 0.3) is 0 Å². The summed E-state index contributed by atoms with van der Waals surface area (Å²) in [5.41, 5.74) is 4.00. The van der Waals surface area contributed by atoms with E-state index < -0.39 is 0 Å². The zero-order valence-electron chi connectivity index (χ0n) is 9.90. The predicted octanol–water partition coefficient (Wildman–Crippen LogP) is 1.89. The van der Waals surface area contributed by atoms with Crippen LogP contribution in [0.3, 0.4) is 0 Å². The summed E-state index contributed by atoms with van der Waals surface area (Å²) in [5.74, 6) is 7.99. The van der Waals surface area contributed by atoms with E-state index in [9.17, 15) is 0 Å². The van der Waals surface area contributed by atoms with Crippen LogP contribution in [0.1, 0.15) is 11.6 Å². The molecule has 0 spiro atoms. The summed E-state index contributed by atoms with van der Waals surface area (Å²) in [6.07, 6.45) is 0. The number of halogens is 1. The molecular weight excluding hydrogens is 254 g/mol. The number of rotatable bonds is 3. The van der Waals surface area contributed by atoms with E-state index in [2.05, 4.69) is 17.4 Å². The minimum absolute atomic E-state index is 0.0847. The molecule has 0 amide bonds. The summed E-state index contributed by atoms with van der Waals surface area (Å²) in [7, 11) is 2.14. The standard InChI is InChI=1S/C12H18ClN3S/c1-16-6-7-17-8-11(16)12(15-14)9-4-2-3-5-10(9)13/h2-5,11-12,15H,6-8,14H2,1H3. The van der Waals surface area contributed by atoms with Gasteiger partial charge in [0.2, 0.25) is 0 Å². The van der Waals surface area contributed by atoms with Gasteiger partial charge in [-0.1, -0.05) is 29.8 Å². The quantitative estimate of drug-likeness (QED) is 0.651. The van der Waals surface area contributed by atoms with Gasteiger partial charge < -0.3 is 0 Å². The molecule has 5 heteroatoms. The van der Waals surface area contributed by atoms with Crippen LogP contribution >= 0.6 is 23.4 Å². The Hall–Kier alpha value is -0.260. The Kier molecular flexibility index (Phi) is 4.70. The van der Waals surface area contributed by atoms with Crippen LogP contribution in [0.15, 0.2) is 24.3 Å². The van der Waals surface area contributed by atoms with E-state index in [1.54, 1.807) is 0 Å². The molecule has 0 bridgehead atoms. The van der Waals surface area contributed by atoms with Crippen molar-refractivity contribution >= 4 is 23.4 Å². The van der Waals surface area contributed by atoms with Crippen molar-refractivity contribution in [1.82, 2.24) is 10.3 Å². The molecule has 1 aromatic carbocycles. The lowest BCUT2D eigenvalue weighted by Crippen LogP contribution is -2.49. The van der Waals surface area contributed by atoms with Crippen LogP contribution in [-0.2, 0) is 0 Å². The summed E-state index contributed by atoms with van der Waals surface area (Å²) < 4.78 is 0. The van der Waals surface area contributed by atoms with E-state index >= 15 is 0 Å². The second-order valence-electron chi connectivity index (χ2n) is 4.29. The first-order valence-corrected chi connectivity index (χ1v) is 7.26. The maximum absolute atomic E-state index is 6.24. The van der Waals surface area contributed by atoms with Crippen molar-refractivity contribution < 1.29 is 0 Å². The van der Waals surface area contributed by atoms with E-state index in [0.29, 0.717) is 6.04 Å². The monoisotopic (exact) mass is 271 g/mol. The van der Waals surface area contributed by atoms with Gasteiger partial charge in [0.1, 0.15) is 0 Å². The van der Waals surface area contributed by atoms with E-state index in [-0.39, 0.29) is 6.04 Å². The lowest BCUT2D eigenvalue weighted by Gasteiger charge is -2.37. The first-order valence-electron chi connectivity index (χ1n) is 5.72. The Morgan fingerprint density at radius 3 is 2.94 bits per heavy atom. The number of hydrogen-bond acceptors (Lipinski definition) is 4. The molecule has 1 saturated heterocycles. The number of thioether (sulfide) groups is 1. The number of nitrogens with zero attached hydrogens (tertiary/aromatic N) is 1. The van der Waals surface area contributed by atoms with Crippen molar-refractivity contribution in [3.05, 3.63) is 34.9 Å². The van der Waals surface area contributed by atoms with E-state index in [4.69, 9.17) is 17.4 Å². The van der Waals surface area contributed by atoms with E-state index in [1.807, 2.05) is 36.0 Å². The average molecular weight is 272 g/mol. The van der Waals surface area contributed by atoms with Crippen LogP contribution < -0.4 is 11.3 Å². The summed E-state index contributed by atoms with van der Waals surface area (Å²) in [4.78, 5) is 2.35. The van der Waals surface area contributed by atoms with Gasteiger partial charge in [-0.3, -0.25) is 16.2 Å².